The molecule has 96 valence electrons. The summed E-state index contributed by atoms with van der Waals surface area (Å²) in [5.41, 5.74) is 15.4. The second-order valence-corrected chi connectivity index (χ2v) is 4.48. The van der Waals surface area contributed by atoms with Gasteiger partial charge in [-0.25, -0.2) is 0 Å². The maximum Gasteiger partial charge on any atom is 0.0991 e. The van der Waals surface area contributed by atoms with Crippen LogP contribution in [0.4, 0.5) is 17.1 Å². The fraction of sp³-hybridized carbons (Fsp3) is 0.133. The monoisotopic (exact) mass is 252 g/mol. The van der Waals surface area contributed by atoms with E-state index < -0.39 is 0 Å². The zero-order valence-corrected chi connectivity index (χ0v) is 10.8. The van der Waals surface area contributed by atoms with Crippen molar-refractivity contribution in [3.8, 4) is 6.07 Å². The summed E-state index contributed by atoms with van der Waals surface area (Å²) in [7, 11) is 1.98. The Hall–Kier alpha value is -2.67. The van der Waals surface area contributed by atoms with Gasteiger partial charge >= 0.3 is 0 Å². The minimum Gasteiger partial charge on any atom is -0.397 e. The Labute approximate surface area is 112 Å². The predicted octanol–water partition coefficient (Wildman–Crippen LogP) is 2.36. The van der Waals surface area contributed by atoms with Crippen LogP contribution in [0.3, 0.4) is 0 Å². The van der Waals surface area contributed by atoms with Gasteiger partial charge in [0.15, 0.2) is 0 Å². The molecular weight excluding hydrogens is 236 g/mol. The van der Waals surface area contributed by atoms with E-state index in [1.54, 1.807) is 12.1 Å². The Morgan fingerprint density at radius 2 is 1.89 bits per heavy atom. The summed E-state index contributed by atoms with van der Waals surface area (Å²) in [6.45, 7) is 0.707. The summed E-state index contributed by atoms with van der Waals surface area (Å²) < 4.78 is 0. The van der Waals surface area contributed by atoms with Gasteiger partial charge in [-0.05, 0) is 35.9 Å². The Morgan fingerprint density at radius 1 is 1.11 bits per heavy atom. The van der Waals surface area contributed by atoms with Crippen LogP contribution in [0, 0.1) is 11.3 Å². The number of anilines is 3. The maximum atomic E-state index is 8.89. The van der Waals surface area contributed by atoms with Gasteiger partial charge in [-0.1, -0.05) is 12.1 Å². The number of hydrogen-bond acceptors (Lipinski definition) is 4. The molecule has 4 heteroatoms. The van der Waals surface area contributed by atoms with Crippen molar-refractivity contribution >= 4 is 17.1 Å². The lowest BCUT2D eigenvalue weighted by atomic mass is 10.1. The van der Waals surface area contributed by atoms with Crippen molar-refractivity contribution in [2.24, 2.45) is 0 Å². The molecule has 2 rings (SSSR count). The third-order valence-corrected chi connectivity index (χ3v) is 2.99. The van der Waals surface area contributed by atoms with E-state index in [-0.39, 0.29) is 0 Å². The fourth-order valence-electron chi connectivity index (χ4n) is 1.90. The molecule has 19 heavy (non-hydrogen) atoms. The zero-order chi connectivity index (χ0) is 13.8. The number of hydrogen-bond donors (Lipinski definition) is 2. The van der Waals surface area contributed by atoms with E-state index in [0.29, 0.717) is 23.5 Å². The third-order valence-electron chi connectivity index (χ3n) is 2.99. The molecule has 0 atom stereocenters. The van der Waals surface area contributed by atoms with Crippen LogP contribution in [-0.2, 0) is 6.54 Å². The number of benzene rings is 2. The molecule has 0 aliphatic rings. The van der Waals surface area contributed by atoms with Gasteiger partial charge in [-0.2, -0.15) is 5.26 Å². The highest BCUT2D eigenvalue weighted by atomic mass is 15.1. The number of nitrogens with zero attached hydrogens (tertiary/aromatic N) is 2. The van der Waals surface area contributed by atoms with E-state index in [1.807, 2.05) is 37.4 Å². The molecule has 2 aromatic carbocycles. The van der Waals surface area contributed by atoms with Crippen molar-refractivity contribution in [1.29, 1.82) is 5.26 Å². The van der Waals surface area contributed by atoms with Gasteiger partial charge in [-0.15, -0.1) is 0 Å². The Kier molecular flexibility index (Phi) is 3.58. The van der Waals surface area contributed by atoms with Gasteiger partial charge in [0.25, 0.3) is 0 Å². The number of rotatable bonds is 3. The highest BCUT2D eigenvalue weighted by Crippen LogP contribution is 2.23. The van der Waals surface area contributed by atoms with E-state index in [0.717, 1.165) is 11.3 Å². The highest BCUT2D eigenvalue weighted by Gasteiger charge is 2.04. The number of nitriles is 1. The minimum absolute atomic E-state index is 0.579. The first-order valence-corrected chi connectivity index (χ1v) is 5.95. The average Bonchev–Trinajstić information content (AvgIpc) is 2.42. The predicted molar refractivity (Wildman–Crippen MR) is 78.5 cm³/mol. The summed E-state index contributed by atoms with van der Waals surface area (Å²) in [5.74, 6) is 0. The minimum atomic E-state index is 0.579. The standard InChI is InChI=1S/C15H16N4/c1-19(13-5-6-14(17)15(18)8-13)10-12-4-2-3-11(7-12)9-16/h2-8H,10,17-18H2,1H3. The number of nitrogens with two attached hydrogens (primary N) is 2. The summed E-state index contributed by atoms with van der Waals surface area (Å²) >= 11 is 0. The molecule has 0 spiro atoms. The molecule has 4 N–H and O–H groups in total. The van der Waals surface area contributed by atoms with Crippen molar-refractivity contribution in [3.05, 3.63) is 53.6 Å². The van der Waals surface area contributed by atoms with Gasteiger partial charge in [0.1, 0.15) is 0 Å². The fourth-order valence-corrected chi connectivity index (χ4v) is 1.90. The van der Waals surface area contributed by atoms with Crippen LogP contribution in [0.1, 0.15) is 11.1 Å². The molecule has 0 saturated heterocycles. The molecule has 0 bridgehead atoms. The SMILES string of the molecule is CN(Cc1cccc(C#N)c1)c1ccc(N)c(N)c1. The van der Waals surface area contributed by atoms with Crippen LogP contribution < -0.4 is 16.4 Å². The average molecular weight is 252 g/mol. The highest BCUT2D eigenvalue weighted by molar-refractivity contribution is 5.69. The van der Waals surface area contributed by atoms with Gasteiger partial charge < -0.3 is 16.4 Å². The van der Waals surface area contributed by atoms with Gasteiger partial charge in [0.05, 0.1) is 23.0 Å². The van der Waals surface area contributed by atoms with E-state index in [9.17, 15) is 0 Å². The van der Waals surface area contributed by atoms with Crippen LogP contribution >= 0.6 is 0 Å². The van der Waals surface area contributed by atoms with Crippen LogP contribution in [0.2, 0.25) is 0 Å². The van der Waals surface area contributed by atoms with Crippen molar-refractivity contribution < 1.29 is 0 Å². The van der Waals surface area contributed by atoms with Crippen molar-refractivity contribution in [2.45, 2.75) is 6.54 Å². The molecule has 0 amide bonds. The molecule has 0 fully saturated rings. The quantitative estimate of drug-likeness (QED) is 0.822. The smallest absolute Gasteiger partial charge is 0.0991 e. The molecule has 0 aromatic heterocycles. The maximum absolute atomic E-state index is 8.89. The largest absolute Gasteiger partial charge is 0.397 e. The zero-order valence-electron chi connectivity index (χ0n) is 10.8. The normalized spacial score (nSPS) is 9.89. The van der Waals surface area contributed by atoms with Crippen molar-refractivity contribution in [1.82, 2.24) is 0 Å². The van der Waals surface area contributed by atoms with E-state index in [2.05, 4.69) is 11.0 Å². The lowest BCUT2D eigenvalue weighted by Crippen LogP contribution is -2.16. The lowest BCUT2D eigenvalue weighted by molar-refractivity contribution is 0.923. The van der Waals surface area contributed by atoms with Crippen LogP contribution in [-0.4, -0.2) is 7.05 Å². The third kappa shape index (κ3) is 2.96. The first-order valence-electron chi connectivity index (χ1n) is 5.95. The molecular formula is C15H16N4. The molecule has 0 unspecified atom stereocenters. The first-order chi connectivity index (χ1) is 9.10. The summed E-state index contributed by atoms with van der Waals surface area (Å²) in [4.78, 5) is 2.06. The van der Waals surface area contributed by atoms with Crippen LogP contribution in [0.25, 0.3) is 0 Å². The van der Waals surface area contributed by atoms with Crippen LogP contribution in [0.15, 0.2) is 42.5 Å². The van der Waals surface area contributed by atoms with E-state index in [4.69, 9.17) is 16.7 Å². The van der Waals surface area contributed by atoms with Gasteiger partial charge in [-0.3, -0.25) is 0 Å². The van der Waals surface area contributed by atoms with Gasteiger partial charge in [0.2, 0.25) is 0 Å². The van der Waals surface area contributed by atoms with Crippen molar-refractivity contribution in [2.75, 3.05) is 23.4 Å². The van der Waals surface area contributed by atoms with Gasteiger partial charge in [0, 0.05) is 19.3 Å². The van der Waals surface area contributed by atoms with E-state index >= 15 is 0 Å². The molecule has 2 aromatic rings. The van der Waals surface area contributed by atoms with E-state index in [1.165, 1.54) is 0 Å². The van der Waals surface area contributed by atoms with Crippen LogP contribution in [0.5, 0.6) is 0 Å². The molecule has 0 aliphatic heterocycles. The molecule has 0 aliphatic carbocycles. The number of nitrogen functional groups attached to an aromatic ring is 2. The second-order valence-electron chi connectivity index (χ2n) is 4.48. The Morgan fingerprint density at radius 3 is 2.58 bits per heavy atom. The van der Waals surface area contributed by atoms with Crippen molar-refractivity contribution in [3.63, 3.8) is 0 Å². The lowest BCUT2D eigenvalue weighted by Gasteiger charge is -2.20. The summed E-state index contributed by atoms with van der Waals surface area (Å²) in [6, 6.07) is 15.3. The summed E-state index contributed by atoms with van der Waals surface area (Å²) in [5, 5.41) is 8.89. The molecule has 0 radical (unpaired) electrons. The molecule has 0 heterocycles. The summed E-state index contributed by atoms with van der Waals surface area (Å²) in [6.07, 6.45) is 0. The Bertz CT molecular complexity index is 628. The first kappa shape index (κ1) is 12.8. The Balaban J connectivity index is 2.18. The molecule has 0 saturated carbocycles. The topological polar surface area (TPSA) is 79.1 Å². The molecule has 4 nitrogen and oxygen atoms in total. The second kappa shape index (κ2) is 5.32.